The zero-order valence-corrected chi connectivity index (χ0v) is 27.4. The van der Waals surface area contributed by atoms with Gasteiger partial charge < -0.3 is 28.4 Å². The number of benzene rings is 2. The topological polar surface area (TPSA) is 72.5 Å². The molecule has 0 aromatic heterocycles. The monoisotopic (exact) mass is 598 g/mol. The Morgan fingerprint density at radius 2 is 1.05 bits per heavy atom. The minimum Gasteiger partial charge on any atom is -0.493 e. The zero-order chi connectivity index (χ0) is 31.3. The number of carbonyl (C=O) groups is 1. The summed E-state index contributed by atoms with van der Waals surface area (Å²) in [7, 11) is 1.61. The van der Waals surface area contributed by atoms with Crippen LogP contribution in [0.4, 0.5) is 0 Å². The Balaban J connectivity index is 2.55. The molecule has 0 amide bonds. The predicted octanol–water partition coefficient (Wildman–Crippen LogP) is 9.49. The molecule has 2 aromatic rings. The fourth-order valence-electron chi connectivity index (χ4n) is 4.10. The van der Waals surface area contributed by atoms with E-state index in [1.165, 1.54) is 0 Å². The minimum atomic E-state index is -0.219. The molecule has 0 aliphatic heterocycles. The maximum absolute atomic E-state index is 13.9. The molecule has 0 bridgehead atoms. The van der Waals surface area contributed by atoms with Crippen LogP contribution >= 0.6 is 0 Å². The van der Waals surface area contributed by atoms with Crippen molar-refractivity contribution < 1.29 is 33.2 Å². The highest BCUT2D eigenvalue weighted by molar-refractivity contribution is 6.09. The number of hydrogen-bond donors (Lipinski definition) is 0. The Bertz CT molecular complexity index is 1110. The summed E-state index contributed by atoms with van der Waals surface area (Å²) in [6.45, 7) is 13.3. The van der Waals surface area contributed by atoms with Gasteiger partial charge in [0.1, 0.15) is 11.5 Å². The lowest BCUT2D eigenvalue weighted by molar-refractivity contribution is 0.104. The van der Waals surface area contributed by atoms with Crippen LogP contribution in [0.1, 0.15) is 115 Å². The number of ketones is 1. The van der Waals surface area contributed by atoms with E-state index in [-0.39, 0.29) is 5.78 Å². The van der Waals surface area contributed by atoms with Crippen molar-refractivity contribution in [3.63, 3.8) is 0 Å². The molecule has 0 heterocycles. The SMILES string of the molecule is CCCCOc1cc(/C=C/C(=O)c2cc(OCCCC)cc(OCCCC)c2OCCCC)c(OCCCC)c(OC)c1. The smallest absolute Gasteiger partial charge is 0.189 e. The van der Waals surface area contributed by atoms with Crippen molar-refractivity contribution in [3.05, 3.63) is 41.5 Å². The summed E-state index contributed by atoms with van der Waals surface area (Å²) in [6.07, 6.45) is 12.9. The number of carbonyl (C=O) groups excluding carboxylic acids is 1. The highest BCUT2D eigenvalue weighted by Crippen LogP contribution is 2.39. The van der Waals surface area contributed by atoms with Gasteiger partial charge in [-0.2, -0.15) is 0 Å². The summed E-state index contributed by atoms with van der Waals surface area (Å²) in [5.74, 6) is 3.19. The highest BCUT2D eigenvalue weighted by atomic mass is 16.5. The zero-order valence-electron chi connectivity index (χ0n) is 27.4. The highest BCUT2D eigenvalue weighted by Gasteiger charge is 2.20. The molecule has 0 saturated heterocycles. The number of allylic oxidation sites excluding steroid dienone is 1. The molecule has 2 rings (SSSR count). The van der Waals surface area contributed by atoms with Crippen molar-refractivity contribution in [2.75, 3.05) is 40.1 Å². The Morgan fingerprint density at radius 3 is 1.58 bits per heavy atom. The Labute approximate surface area is 259 Å². The van der Waals surface area contributed by atoms with Gasteiger partial charge in [0, 0.05) is 17.7 Å². The number of hydrogen-bond acceptors (Lipinski definition) is 7. The first-order valence-corrected chi connectivity index (χ1v) is 16.3. The van der Waals surface area contributed by atoms with Crippen LogP contribution in [-0.4, -0.2) is 45.9 Å². The largest absolute Gasteiger partial charge is 0.493 e. The summed E-state index contributed by atoms with van der Waals surface area (Å²) in [5.41, 5.74) is 1.11. The van der Waals surface area contributed by atoms with E-state index in [0.29, 0.717) is 78.7 Å². The Morgan fingerprint density at radius 1 is 0.581 bits per heavy atom. The molecule has 0 unspecified atom stereocenters. The molecule has 0 spiro atoms. The molecule has 43 heavy (non-hydrogen) atoms. The molecular weight excluding hydrogens is 544 g/mol. The van der Waals surface area contributed by atoms with Crippen molar-refractivity contribution >= 4 is 11.9 Å². The maximum atomic E-state index is 13.9. The van der Waals surface area contributed by atoms with Crippen molar-refractivity contribution in [2.45, 2.75) is 98.8 Å². The van der Waals surface area contributed by atoms with E-state index in [1.807, 2.05) is 18.2 Å². The first kappa shape index (κ1) is 35.8. The van der Waals surface area contributed by atoms with Gasteiger partial charge in [-0.25, -0.2) is 0 Å². The van der Waals surface area contributed by atoms with Crippen molar-refractivity contribution in [1.29, 1.82) is 0 Å². The summed E-state index contributed by atoms with van der Waals surface area (Å²) in [4.78, 5) is 13.9. The molecule has 0 fully saturated rings. The van der Waals surface area contributed by atoms with Crippen molar-refractivity contribution in [2.24, 2.45) is 0 Å². The van der Waals surface area contributed by atoms with Gasteiger partial charge in [-0.05, 0) is 56.4 Å². The van der Waals surface area contributed by atoms with Gasteiger partial charge in [0.2, 0.25) is 0 Å². The van der Waals surface area contributed by atoms with Crippen molar-refractivity contribution in [3.8, 4) is 34.5 Å². The van der Waals surface area contributed by atoms with Crippen LogP contribution in [0.2, 0.25) is 0 Å². The average molecular weight is 599 g/mol. The number of methoxy groups -OCH3 is 1. The lowest BCUT2D eigenvalue weighted by Crippen LogP contribution is -2.09. The second-order valence-electron chi connectivity index (χ2n) is 10.5. The van der Waals surface area contributed by atoms with Crippen LogP contribution in [0.5, 0.6) is 34.5 Å². The average Bonchev–Trinajstić information content (AvgIpc) is 3.01. The molecule has 2 aromatic carbocycles. The van der Waals surface area contributed by atoms with E-state index in [1.54, 1.807) is 25.3 Å². The van der Waals surface area contributed by atoms with E-state index >= 15 is 0 Å². The van der Waals surface area contributed by atoms with Gasteiger partial charge in [0.15, 0.2) is 28.8 Å². The molecule has 0 radical (unpaired) electrons. The van der Waals surface area contributed by atoms with Crippen LogP contribution in [0, 0.1) is 0 Å². The van der Waals surface area contributed by atoms with Crippen LogP contribution in [0.25, 0.3) is 6.08 Å². The molecule has 0 aliphatic carbocycles. The molecule has 240 valence electrons. The fraction of sp³-hybridized carbons (Fsp3) is 0.583. The fourth-order valence-corrected chi connectivity index (χ4v) is 4.10. The lowest BCUT2D eigenvalue weighted by Gasteiger charge is -2.18. The van der Waals surface area contributed by atoms with E-state index in [2.05, 4.69) is 34.6 Å². The molecule has 0 saturated carbocycles. The normalized spacial score (nSPS) is 11.0. The van der Waals surface area contributed by atoms with Gasteiger partial charge in [0.25, 0.3) is 0 Å². The number of unbranched alkanes of at least 4 members (excludes halogenated alkanes) is 5. The molecule has 7 nitrogen and oxygen atoms in total. The van der Waals surface area contributed by atoms with Gasteiger partial charge in [0.05, 0.1) is 45.7 Å². The number of ether oxygens (including phenoxy) is 6. The van der Waals surface area contributed by atoms with Gasteiger partial charge in [-0.15, -0.1) is 0 Å². The Kier molecular flexibility index (Phi) is 17.8. The third kappa shape index (κ3) is 12.4. The second kappa shape index (κ2) is 21.4. The van der Waals surface area contributed by atoms with E-state index in [0.717, 1.165) is 64.2 Å². The third-order valence-electron chi connectivity index (χ3n) is 6.76. The minimum absolute atomic E-state index is 0.219. The number of rotatable bonds is 24. The molecular formula is C36H54O7. The van der Waals surface area contributed by atoms with Crippen LogP contribution < -0.4 is 28.4 Å². The van der Waals surface area contributed by atoms with Gasteiger partial charge in [-0.1, -0.05) is 66.7 Å². The van der Waals surface area contributed by atoms with Crippen LogP contribution in [-0.2, 0) is 0 Å². The van der Waals surface area contributed by atoms with Crippen LogP contribution in [0.15, 0.2) is 30.3 Å². The summed E-state index contributed by atoms with van der Waals surface area (Å²) >= 11 is 0. The summed E-state index contributed by atoms with van der Waals surface area (Å²) in [5, 5.41) is 0. The third-order valence-corrected chi connectivity index (χ3v) is 6.76. The predicted molar refractivity (Wildman–Crippen MR) is 175 cm³/mol. The quantitative estimate of drug-likeness (QED) is 0.0677. The van der Waals surface area contributed by atoms with Gasteiger partial charge >= 0.3 is 0 Å². The van der Waals surface area contributed by atoms with Crippen molar-refractivity contribution in [1.82, 2.24) is 0 Å². The first-order valence-electron chi connectivity index (χ1n) is 16.3. The van der Waals surface area contributed by atoms with E-state index in [4.69, 9.17) is 28.4 Å². The lowest BCUT2D eigenvalue weighted by atomic mass is 10.1. The van der Waals surface area contributed by atoms with Crippen LogP contribution in [0.3, 0.4) is 0 Å². The summed E-state index contributed by atoms with van der Waals surface area (Å²) < 4.78 is 36.2. The van der Waals surface area contributed by atoms with Gasteiger partial charge in [-0.3, -0.25) is 4.79 Å². The standard InChI is InChI=1S/C36H54O7/c1-7-12-19-39-29-24-28(35(33(26-29)38-6)42-22-15-10-4)17-18-32(37)31-25-30(40-20-13-8-2)27-34(41-21-14-9-3)36(31)43-23-16-11-5/h17-18,24-27H,7-16,19-23H2,1-6H3/b18-17+. The van der Waals surface area contributed by atoms with E-state index < -0.39 is 0 Å². The van der Waals surface area contributed by atoms with E-state index in [9.17, 15) is 4.79 Å². The molecule has 0 atom stereocenters. The first-order chi connectivity index (χ1) is 21.0. The molecule has 0 aliphatic rings. The molecule has 7 heteroatoms. The second-order valence-corrected chi connectivity index (χ2v) is 10.5. The summed E-state index contributed by atoms with van der Waals surface area (Å²) in [6, 6.07) is 7.34. The maximum Gasteiger partial charge on any atom is 0.189 e. The Hall–Kier alpha value is -3.35. The molecule has 0 N–H and O–H groups in total.